The predicted molar refractivity (Wildman–Crippen MR) is 63.0 cm³/mol. The average Bonchev–Trinajstić information content (AvgIpc) is 2.35. The Labute approximate surface area is 104 Å². The molecular formula is C11H17F3N4. The Morgan fingerprint density at radius 2 is 1.89 bits per heavy atom. The zero-order valence-electron chi connectivity index (χ0n) is 10.4. The fraction of sp³-hybridized carbons (Fsp3) is 0.636. The molecule has 0 aromatic carbocycles. The molecule has 102 valence electrons. The molecule has 0 aliphatic rings. The molecule has 0 saturated carbocycles. The summed E-state index contributed by atoms with van der Waals surface area (Å²) < 4.78 is 37.5. The molecule has 1 rings (SSSR count). The molecule has 0 aliphatic carbocycles. The topological polar surface area (TPSA) is 63.8 Å². The van der Waals surface area contributed by atoms with Gasteiger partial charge in [0.1, 0.15) is 5.69 Å². The largest absolute Gasteiger partial charge is 0.433 e. The number of anilines is 1. The molecule has 0 saturated heterocycles. The molecule has 18 heavy (non-hydrogen) atoms. The van der Waals surface area contributed by atoms with E-state index in [0.717, 1.165) is 12.3 Å². The average molecular weight is 262 g/mol. The second-order valence-electron chi connectivity index (χ2n) is 4.08. The van der Waals surface area contributed by atoms with Crippen molar-refractivity contribution in [3.05, 3.63) is 18.0 Å². The predicted octanol–water partition coefficient (Wildman–Crippen LogP) is 2.42. The highest BCUT2D eigenvalue weighted by Crippen LogP contribution is 2.28. The number of hydrogen-bond donors (Lipinski definition) is 2. The molecule has 1 heterocycles. The van der Waals surface area contributed by atoms with Crippen molar-refractivity contribution in [1.82, 2.24) is 9.97 Å². The van der Waals surface area contributed by atoms with Crippen molar-refractivity contribution >= 4 is 5.95 Å². The number of hydrogen-bond acceptors (Lipinski definition) is 4. The SMILES string of the molecule is CCC(CC)(CN)Nc1nccc(C(F)(F)F)n1. The maximum absolute atomic E-state index is 12.5. The molecule has 0 radical (unpaired) electrons. The molecule has 0 fully saturated rings. The zero-order chi connectivity index (χ0) is 13.8. The molecular weight excluding hydrogens is 245 g/mol. The Kier molecular flexibility index (Phi) is 4.50. The molecule has 3 N–H and O–H groups in total. The first-order valence-corrected chi connectivity index (χ1v) is 5.75. The number of halogens is 3. The van der Waals surface area contributed by atoms with Gasteiger partial charge in [0.15, 0.2) is 0 Å². The van der Waals surface area contributed by atoms with Crippen LogP contribution >= 0.6 is 0 Å². The van der Waals surface area contributed by atoms with Crippen LogP contribution in [0.15, 0.2) is 12.3 Å². The summed E-state index contributed by atoms with van der Waals surface area (Å²) in [6, 6.07) is 0.840. The Balaban J connectivity index is 2.98. The van der Waals surface area contributed by atoms with Crippen LogP contribution < -0.4 is 11.1 Å². The standard InChI is InChI=1S/C11H17F3N4/c1-3-10(4-2,7-15)18-9-16-6-5-8(17-9)11(12,13)14/h5-6H,3-4,7,15H2,1-2H3,(H,16,17,18). The van der Waals surface area contributed by atoms with Crippen LogP contribution in [-0.2, 0) is 6.18 Å². The van der Waals surface area contributed by atoms with E-state index in [1.807, 2.05) is 13.8 Å². The number of rotatable bonds is 5. The van der Waals surface area contributed by atoms with Gasteiger partial charge >= 0.3 is 6.18 Å². The van der Waals surface area contributed by atoms with Crippen molar-refractivity contribution in [2.45, 2.75) is 38.4 Å². The number of nitrogens with one attached hydrogen (secondary N) is 1. The number of nitrogens with two attached hydrogens (primary N) is 1. The van der Waals surface area contributed by atoms with Gasteiger partial charge in [-0.1, -0.05) is 13.8 Å². The minimum Gasteiger partial charge on any atom is -0.348 e. The van der Waals surface area contributed by atoms with Crippen LogP contribution in [0.3, 0.4) is 0 Å². The van der Waals surface area contributed by atoms with Gasteiger partial charge in [0.2, 0.25) is 5.95 Å². The molecule has 0 bridgehead atoms. The summed E-state index contributed by atoms with van der Waals surface area (Å²) in [5.41, 5.74) is 4.23. The molecule has 1 aromatic rings. The van der Waals surface area contributed by atoms with Gasteiger partial charge in [-0.3, -0.25) is 0 Å². The van der Waals surface area contributed by atoms with Gasteiger partial charge in [0.05, 0.1) is 5.54 Å². The summed E-state index contributed by atoms with van der Waals surface area (Å²) in [6.45, 7) is 4.13. The molecule has 0 amide bonds. The van der Waals surface area contributed by atoms with E-state index in [0.29, 0.717) is 19.4 Å². The molecule has 0 spiro atoms. The fourth-order valence-electron chi connectivity index (χ4n) is 1.58. The van der Waals surface area contributed by atoms with Gasteiger partial charge in [0, 0.05) is 12.7 Å². The van der Waals surface area contributed by atoms with E-state index in [2.05, 4.69) is 15.3 Å². The molecule has 7 heteroatoms. The smallest absolute Gasteiger partial charge is 0.348 e. The highest BCUT2D eigenvalue weighted by molar-refractivity contribution is 5.31. The van der Waals surface area contributed by atoms with E-state index in [9.17, 15) is 13.2 Å². The Hall–Kier alpha value is -1.37. The Morgan fingerprint density at radius 3 is 2.33 bits per heavy atom. The first-order chi connectivity index (χ1) is 8.37. The van der Waals surface area contributed by atoms with Crippen LogP contribution in [0.5, 0.6) is 0 Å². The fourth-order valence-corrected chi connectivity index (χ4v) is 1.58. The number of alkyl halides is 3. The van der Waals surface area contributed by atoms with Crippen molar-refractivity contribution in [3.8, 4) is 0 Å². The third kappa shape index (κ3) is 3.32. The lowest BCUT2D eigenvalue weighted by Gasteiger charge is -2.31. The summed E-state index contributed by atoms with van der Waals surface area (Å²) in [6.07, 6.45) is -2.02. The van der Waals surface area contributed by atoms with E-state index in [1.54, 1.807) is 0 Å². The first kappa shape index (κ1) is 14.7. The van der Waals surface area contributed by atoms with E-state index < -0.39 is 17.4 Å². The lowest BCUT2D eigenvalue weighted by molar-refractivity contribution is -0.141. The number of aromatic nitrogens is 2. The quantitative estimate of drug-likeness (QED) is 0.855. The van der Waals surface area contributed by atoms with E-state index in [1.165, 1.54) is 0 Å². The summed E-state index contributed by atoms with van der Waals surface area (Å²) in [5.74, 6) is -0.0426. The van der Waals surface area contributed by atoms with Gasteiger partial charge in [0.25, 0.3) is 0 Å². The molecule has 1 aromatic heterocycles. The molecule has 4 nitrogen and oxygen atoms in total. The maximum Gasteiger partial charge on any atom is 0.433 e. The highest BCUT2D eigenvalue weighted by atomic mass is 19.4. The van der Waals surface area contributed by atoms with Gasteiger partial charge in [-0.25, -0.2) is 9.97 Å². The van der Waals surface area contributed by atoms with Gasteiger partial charge < -0.3 is 11.1 Å². The summed E-state index contributed by atoms with van der Waals surface area (Å²) in [5, 5.41) is 2.91. The van der Waals surface area contributed by atoms with Crippen LogP contribution in [0.2, 0.25) is 0 Å². The molecule has 0 unspecified atom stereocenters. The van der Waals surface area contributed by atoms with Crippen molar-refractivity contribution in [1.29, 1.82) is 0 Å². The second-order valence-corrected chi connectivity index (χ2v) is 4.08. The Bertz CT molecular complexity index is 380. The van der Waals surface area contributed by atoms with Crippen molar-refractivity contribution in [3.63, 3.8) is 0 Å². The van der Waals surface area contributed by atoms with Gasteiger partial charge in [-0.2, -0.15) is 13.2 Å². The second kappa shape index (κ2) is 5.51. The third-order valence-corrected chi connectivity index (χ3v) is 3.07. The van der Waals surface area contributed by atoms with E-state index >= 15 is 0 Å². The maximum atomic E-state index is 12.5. The minimum atomic E-state index is -4.47. The highest BCUT2D eigenvalue weighted by Gasteiger charge is 2.33. The third-order valence-electron chi connectivity index (χ3n) is 3.07. The van der Waals surface area contributed by atoms with Gasteiger partial charge in [-0.05, 0) is 18.9 Å². The summed E-state index contributed by atoms with van der Waals surface area (Å²) in [7, 11) is 0. The van der Waals surface area contributed by atoms with Gasteiger partial charge in [-0.15, -0.1) is 0 Å². The van der Waals surface area contributed by atoms with Crippen molar-refractivity contribution in [2.75, 3.05) is 11.9 Å². The van der Waals surface area contributed by atoms with Crippen LogP contribution in [0.1, 0.15) is 32.4 Å². The van der Waals surface area contributed by atoms with Crippen LogP contribution in [0, 0.1) is 0 Å². The number of nitrogens with zero attached hydrogens (tertiary/aromatic N) is 2. The normalized spacial score (nSPS) is 12.6. The lowest BCUT2D eigenvalue weighted by Crippen LogP contribution is -2.45. The van der Waals surface area contributed by atoms with Crippen LogP contribution in [0.25, 0.3) is 0 Å². The summed E-state index contributed by atoms with van der Waals surface area (Å²) >= 11 is 0. The monoisotopic (exact) mass is 262 g/mol. The zero-order valence-corrected chi connectivity index (χ0v) is 10.4. The van der Waals surface area contributed by atoms with Crippen LogP contribution in [0.4, 0.5) is 19.1 Å². The van der Waals surface area contributed by atoms with Crippen molar-refractivity contribution < 1.29 is 13.2 Å². The molecule has 0 atom stereocenters. The summed E-state index contributed by atoms with van der Waals surface area (Å²) in [4.78, 5) is 7.27. The minimum absolute atomic E-state index is 0.0426. The lowest BCUT2D eigenvalue weighted by atomic mass is 9.93. The molecule has 0 aliphatic heterocycles. The van der Waals surface area contributed by atoms with E-state index in [4.69, 9.17) is 5.73 Å². The van der Waals surface area contributed by atoms with Crippen molar-refractivity contribution in [2.24, 2.45) is 5.73 Å². The first-order valence-electron chi connectivity index (χ1n) is 5.75. The van der Waals surface area contributed by atoms with Crippen LogP contribution in [-0.4, -0.2) is 22.1 Å². The Morgan fingerprint density at radius 1 is 1.28 bits per heavy atom. The van der Waals surface area contributed by atoms with E-state index in [-0.39, 0.29) is 5.95 Å².